The summed E-state index contributed by atoms with van der Waals surface area (Å²) in [4.78, 5) is 12.2. The lowest BCUT2D eigenvalue weighted by atomic mass is 10.1. The Morgan fingerprint density at radius 1 is 1.32 bits per heavy atom. The Morgan fingerprint density at radius 3 is 2.73 bits per heavy atom. The number of carbonyl (C=O) groups is 1. The van der Waals surface area contributed by atoms with Gasteiger partial charge in [0.15, 0.2) is 0 Å². The van der Waals surface area contributed by atoms with Crippen molar-refractivity contribution in [1.29, 1.82) is 5.26 Å². The third-order valence-corrected chi connectivity index (χ3v) is 3.10. The maximum Gasteiger partial charge on any atom is 0.284 e. The number of rotatable bonds is 4. The minimum atomic E-state index is -0.480. The third-order valence-electron chi connectivity index (χ3n) is 3.10. The number of ether oxygens (including phenoxy) is 1. The number of hydrogen-bond acceptors (Lipinski definition) is 4. The number of nitriles is 1. The molecule has 0 spiro atoms. The second kappa shape index (κ2) is 6.64. The summed E-state index contributed by atoms with van der Waals surface area (Å²) in [5.41, 5.74) is 2.59. The van der Waals surface area contributed by atoms with Gasteiger partial charge in [-0.15, -0.1) is 0 Å². The van der Waals surface area contributed by atoms with Crippen molar-refractivity contribution in [3.63, 3.8) is 0 Å². The van der Waals surface area contributed by atoms with Crippen molar-refractivity contribution in [3.05, 3.63) is 52.8 Å². The molecular weight excluding hydrogens is 280 g/mol. The van der Waals surface area contributed by atoms with Crippen molar-refractivity contribution < 1.29 is 13.9 Å². The first-order valence-electron chi connectivity index (χ1n) is 6.67. The average molecular weight is 296 g/mol. The Bertz CT molecular complexity index is 766. The summed E-state index contributed by atoms with van der Waals surface area (Å²) >= 11 is 0. The number of nitrogens with zero attached hydrogens (tertiary/aromatic N) is 1. The maximum absolute atomic E-state index is 12.2. The lowest BCUT2D eigenvalue weighted by molar-refractivity contribution is -0.112. The zero-order valence-corrected chi connectivity index (χ0v) is 12.6. The van der Waals surface area contributed by atoms with E-state index in [-0.39, 0.29) is 5.57 Å². The van der Waals surface area contributed by atoms with Gasteiger partial charge in [-0.25, -0.2) is 0 Å². The van der Waals surface area contributed by atoms with Gasteiger partial charge >= 0.3 is 0 Å². The predicted molar refractivity (Wildman–Crippen MR) is 83.4 cm³/mol. The van der Waals surface area contributed by atoms with Crippen LogP contribution in [0.4, 0.5) is 5.69 Å². The molecule has 0 fully saturated rings. The second-order valence-electron chi connectivity index (χ2n) is 4.80. The predicted octanol–water partition coefficient (Wildman–Crippen LogP) is 3.45. The van der Waals surface area contributed by atoms with Crippen molar-refractivity contribution in [2.24, 2.45) is 0 Å². The van der Waals surface area contributed by atoms with E-state index in [1.165, 1.54) is 13.2 Å². The molecule has 0 bridgehead atoms. The topological polar surface area (TPSA) is 75.3 Å². The first kappa shape index (κ1) is 15.4. The number of nitrogens with one attached hydrogen (secondary N) is 1. The van der Waals surface area contributed by atoms with Crippen LogP contribution in [-0.2, 0) is 4.79 Å². The fourth-order valence-electron chi connectivity index (χ4n) is 1.87. The Morgan fingerprint density at radius 2 is 2.09 bits per heavy atom. The van der Waals surface area contributed by atoms with Crippen LogP contribution in [0, 0.1) is 25.2 Å². The van der Waals surface area contributed by atoms with Crippen LogP contribution in [0.1, 0.15) is 16.9 Å². The molecule has 112 valence electrons. The van der Waals surface area contributed by atoms with Crippen LogP contribution < -0.4 is 10.1 Å². The van der Waals surface area contributed by atoms with Crippen molar-refractivity contribution in [3.8, 4) is 12.0 Å². The van der Waals surface area contributed by atoms with Crippen LogP contribution in [0.5, 0.6) is 5.95 Å². The fourth-order valence-corrected chi connectivity index (χ4v) is 1.87. The number of methoxy groups -OCH3 is 1. The van der Waals surface area contributed by atoms with E-state index >= 15 is 0 Å². The number of hydrogen-bond donors (Lipinski definition) is 1. The van der Waals surface area contributed by atoms with E-state index in [0.29, 0.717) is 17.4 Å². The van der Waals surface area contributed by atoms with E-state index in [4.69, 9.17) is 9.15 Å². The van der Waals surface area contributed by atoms with Crippen LogP contribution in [0.15, 0.2) is 40.3 Å². The summed E-state index contributed by atoms with van der Waals surface area (Å²) in [6.45, 7) is 3.83. The SMILES string of the molecule is COc1ccc(/C=C(\C#N)C(=O)Nc2cc(C)ccc2C)o1. The monoisotopic (exact) mass is 296 g/mol. The van der Waals surface area contributed by atoms with Crippen LogP contribution in [0.25, 0.3) is 6.08 Å². The van der Waals surface area contributed by atoms with E-state index in [1.807, 2.05) is 38.1 Å². The first-order valence-corrected chi connectivity index (χ1v) is 6.67. The Hall–Kier alpha value is -3.00. The van der Waals surface area contributed by atoms with Crippen molar-refractivity contribution in [2.75, 3.05) is 12.4 Å². The molecule has 2 rings (SSSR count). The normalized spacial score (nSPS) is 10.9. The summed E-state index contributed by atoms with van der Waals surface area (Å²) in [6.07, 6.45) is 1.38. The molecule has 22 heavy (non-hydrogen) atoms. The minimum Gasteiger partial charge on any atom is -0.468 e. The van der Waals surface area contributed by atoms with Gasteiger partial charge in [-0.1, -0.05) is 12.1 Å². The molecule has 5 heteroatoms. The Labute approximate surface area is 128 Å². The smallest absolute Gasteiger partial charge is 0.284 e. The van der Waals surface area contributed by atoms with Gasteiger partial charge in [-0.3, -0.25) is 4.79 Å². The second-order valence-corrected chi connectivity index (χ2v) is 4.80. The molecule has 1 N–H and O–H groups in total. The molecule has 1 amide bonds. The van der Waals surface area contributed by atoms with Gasteiger partial charge in [-0.2, -0.15) is 5.26 Å². The van der Waals surface area contributed by atoms with E-state index in [2.05, 4.69) is 5.32 Å². The summed E-state index contributed by atoms with van der Waals surface area (Å²) in [7, 11) is 1.48. The highest BCUT2D eigenvalue weighted by Crippen LogP contribution is 2.20. The highest BCUT2D eigenvalue weighted by atomic mass is 16.6. The molecule has 0 aliphatic carbocycles. The summed E-state index contributed by atoms with van der Waals surface area (Å²) in [5.74, 6) is 0.217. The molecule has 1 aromatic heterocycles. The van der Waals surface area contributed by atoms with Crippen LogP contribution in [0.3, 0.4) is 0 Å². The molecule has 1 aromatic carbocycles. The van der Waals surface area contributed by atoms with Gasteiger partial charge in [0, 0.05) is 17.8 Å². The van der Waals surface area contributed by atoms with Gasteiger partial charge in [0.2, 0.25) is 0 Å². The molecular formula is C17H16N2O3. The van der Waals surface area contributed by atoms with Gasteiger partial charge < -0.3 is 14.5 Å². The molecule has 0 radical (unpaired) electrons. The van der Waals surface area contributed by atoms with Gasteiger partial charge in [0.25, 0.3) is 11.9 Å². The van der Waals surface area contributed by atoms with Crippen molar-refractivity contribution >= 4 is 17.7 Å². The summed E-state index contributed by atoms with van der Waals surface area (Å²) < 4.78 is 10.2. The molecule has 0 aliphatic heterocycles. The molecule has 2 aromatic rings. The van der Waals surface area contributed by atoms with Crippen molar-refractivity contribution in [2.45, 2.75) is 13.8 Å². The molecule has 5 nitrogen and oxygen atoms in total. The van der Waals surface area contributed by atoms with Gasteiger partial charge in [0.1, 0.15) is 17.4 Å². The zero-order chi connectivity index (χ0) is 16.1. The van der Waals surface area contributed by atoms with E-state index in [1.54, 1.807) is 12.1 Å². The number of furan rings is 1. The minimum absolute atomic E-state index is 0.0436. The summed E-state index contributed by atoms with van der Waals surface area (Å²) in [6, 6.07) is 10.9. The molecule has 0 atom stereocenters. The lowest BCUT2D eigenvalue weighted by Gasteiger charge is -2.08. The Kier molecular flexibility index (Phi) is 4.64. The fraction of sp³-hybridized carbons (Fsp3) is 0.176. The Balaban J connectivity index is 2.22. The summed E-state index contributed by atoms with van der Waals surface area (Å²) in [5, 5.41) is 11.9. The van der Waals surface area contributed by atoms with Gasteiger partial charge in [0.05, 0.1) is 7.11 Å². The maximum atomic E-state index is 12.2. The lowest BCUT2D eigenvalue weighted by Crippen LogP contribution is -2.14. The third kappa shape index (κ3) is 3.55. The zero-order valence-electron chi connectivity index (χ0n) is 12.6. The van der Waals surface area contributed by atoms with Crippen LogP contribution in [-0.4, -0.2) is 13.0 Å². The standard InChI is InChI=1S/C17H16N2O3/c1-11-4-5-12(2)15(8-11)19-17(20)13(10-18)9-14-6-7-16(21-3)22-14/h4-9H,1-3H3,(H,19,20)/b13-9+. The number of anilines is 1. The quantitative estimate of drug-likeness (QED) is 0.692. The highest BCUT2D eigenvalue weighted by molar-refractivity contribution is 6.09. The first-order chi connectivity index (χ1) is 10.5. The van der Waals surface area contributed by atoms with Crippen LogP contribution in [0.2, 0.25) is 0 Å². The highest BCUT2D eigenvalue weighted by Gasteiger charge is 2.12. The van der Waals surface area contributed by atoms with Crippen LogP contribution >= 0.6 is 0 Å². The van der Waals surface area contributed by atoms with E-state index in [0.717, 1.165) is 11.1 Å². The largest absolute Gasteiger partial charge is 0.468 e. The number of benzene rings is 1. The number of amides is 1. The molecule has 0 saturated heterocycles. The molecule has 1 heterocycles. The van der Waals surface area contributed by atoms with E-state index in [9.17, 15) is 10.1 Å². The molecule has 0 unspecified atom stereocenters. The number of carbonyl (C=O) groups excluding carboxylic acids is 1. The number of aryl methyl sites for hydroxylation is 2. The van der Waals surface area contributed by atoms with Gasteiger partial charge in [-0.05, 0) is 37.1 Å². The van der Waals surface area contributed by atoms with E-state index < -0.39 is 5.91 Å². The molecule has 0 aliphatic rings. The molecule has 0 saturated carbocycles. The van der Waals surface area contributed by atoms with Crippen molar-refractivity contribution in [1.82, 2.24) is 0 Å². The average Bonchev–Trinajstić information content (AvgIpc) is 2.96.